The first kappa shape index (κ1) is 11.5. The summed E-state index contributed by atoms with van der Waals surface area (Å²) >= 11 is 0. The number of phenols is 1. The van der Waals surface area contributed by atoms with E-state index in [2.05, 4.69) is 18.9 Å². The first-order chi connectivity index (χ1) is 8.15. The summed E-state index contributed by atoms with van der Waals surface area (Å²) in [5, 5.41) is 13.3. The van der Waals surface area contributed by atoms with Crippen molar-refractivity contribution < 1.29 is 9.84 Å². The number of benzene rings is 1. The second-order valence-corrected chi connectivity index (χ2v) is 4.20. The maximum Gasteiger partial charge on any atom is 0.157 e. The van der Waals surface area contributed by atoms with Gasteiger partial charge in [-0.25, -0.2) is 0 Å². The molecule has 4 heteroatoms. The maximum absolute atomic E-state index is 9.15. The summed E-state index contributed by atoms with van der Waals surface area (Å²) in [5.74, 6) is 1.02. The van der Waals surface area contributed by atoms with Crippen molar-refractivity contribution in [2.24, 2.45) is 0 Å². The number of hydrogen-bond donors (Lipinski definition) is 1. The van der Waals surface area contributed by atoms with E-state index in [1.165, 1.54) is 0 Å². The van der Waals surface area contributed by atoms with Crippen LogP contribution in [0.15, 0.2) is 36.7 Å². The third-order valence-electron chi connectivity index (χ3n) is 2.45. The molecule has 2 aromatic rings. The van der Waals surface area contributed by atoms with Crippen LogP contribution < -0.4 is 4.74 Å². The van der Waals surface area contributed by atoms with E-state index in [-0.39, 0.29) is 5.75 Å². The minimum absolute atomic E-state index is 0.265. The van der Waals surface area contributed by atoms with Gasteiger partial charge in [-0.05, 0) is 31.5 Å². The monoisotopic (exact) mass is 232 g/mol. The summed E-state index contributed by atoms with van der Waals surface area (Å²) in [6.07, 6.45) is 3.59. The summed E-state index contributed by atoms with van der Waals surface area (Å²) in [4.78, 5) is 0. The Bertz CT molecular complexity index is 474. The summed E-state index contributed by atoms with van der Waals surface area (Å²) in [6, 6.07) is 7.30. The predicted octanol–water partition coefficient (Wildman–Crippen LogP) is 2.75. The van der Waals surface area contributed by atoms with Gasteiger partial charge in [-0.3, -0.25) is 4.68 Å². The summed E-state index contributed by atoms with van der Waals surface area (Å²) in [6.45, 7) is 4.61. The summed E-state index contributed by atoms with van der Waals surface area (Å²) in [7, 11) is 0. The Labute approximate surface area is 100 Å². The summed E-state index contributed by atoms with van der Waals surface area (Å²) < 4.78 is 7.45. The first-order valence-electron chi connectivity index (χ1n) is 5.60. The second-order valence-electron chi connectivity index (χ2n) is 4.20. The van der Waals surface area contributed by atoms with Gasteiger partial charge in [0.2, 0.25) is 0 Å². The average molecular weight is 232 g/mol. The average Bonchev–Trinajstić information content (AvgIpc) is 2.77. The molecule has 0 spiro atoms. The molecule has 0 bridgehead atoms. The SMILES string of the molecule is CC(C)n1cc(OCc2ccc(O)cc2)cn1. The van der Waals surface area contributed by atoms with Crippen molar-refractivity contribution in [1.29, 1.82) is 0 Å². The molecule has 0 radical (unpaired) electrons. The van der Waals surface area contributed by atoms with E-state index in [4.69, 9.17) is 9.84 Å². The highest BCUT2D eigenvalue weighted by molar-refractivity contribution is 5.26. The lowest BCUT2D eigenvalue weighted by atomic mass is 10.2. The Balaban J connectivity index is 1.95. The molecule has 0 fully saturated rings. The molecule has 17 heavy (non-hydrogen) atoms. The highest BCUT2D eigenvalue weighted by atomic mass is 16.5. The van der Waals surface area contributed by atoms with Crippen LogP contribution in [-0.2, 0) is 6.61 Å². The van der Waals surface area contributed by atoms with E-state index in [1.807, 2.05) is 23.0 Å². The third kappa shape index (κ3) is 3.00. The minimum Gasteiger partial charge on any atom is -0.508 e. The lowest BCUT2D eigenvalue weighted by Crippen LogP contribution is -2.00. The molecule has 90 valence electrons. The van der Waals surface area contributed by atoms with Crippen LogP contribution in [0.4, 0.5) is 0 Å². The Kier molecular flexibility index (Phi) is 3.32. The van der Waals surface area contributed by atoms with Gasteiger partial charge in [0.1, 0.15) is 12.4 Å². The first-order valence-corrected chi connectivity index (χ1v) is 5.60. The molecule has 0 unspecified atom stereocenters. The molecule has 0 aliphatic heterocycles. The fourth-order valence-corrected chi connectivity index (χ4v) is 1.44. The highest BCUT2D eigenvalue weighted by Crippen LogP contribution is 2.15. The number of hydrogen-bond acceptors (Lipinski definition) is 3. The molecular weight excluding hydrogens is 216 g/mol. The quantitative estimate of drug-likeness (QED) is 0.881. The number of aromatic nitrogens is 2. The summed E-state index contributed by atoms with van der Waals surface area (Å²) in [5.41, 5.74) is 1.01. The van der Waals surface area contributed by atoms with Gasteiger partial charge in [-0.15, -0.1) is 0 Å². The number of nitrogens with zero attached hydrogens (tertiary/aromatic N) is 2. The molecule has 4 nitrogen and oxygen atoms in total. The van der Waals surface area contributed by atoms with E-state index in [0.29, 0.717) is 12.6 Å². The third-order valence-corrected chi connectivity index (χ3v) is 2.45. The van der Waals surface area contributed by atoms with Gasteiger partial charge in [0.15, 0.2) is 5.75 Å². The van der Waals surface area contributed by atoms with Crippen LogP contribution in [-0.4, -0.2) is 14.9 Å². The Morgan fingerprint density at radius 1 is 1.29 bits per heavy atom. The van der Waals surface area contributed by atoms with Crippen molar-refractivity contribution in [1.82, 2.24) is 9.78 Å². The van der Waals surface area contributed by atoms with E-state index >= 15 is 0 Å². The minimum atomic E-state index is 0.265. The molecule has 0 amide bonds. The second kappa shape index (κ2) is 4.91. The molecule has 1 aromatic carbocycles. The van der Waals surface area contributed by atoms with Crippen LogP contribution in [0.1, 0.15) is 25.5 Å². The fourth-order valence-electron chi connectivity index (χ4n) is 1.44. The number of ether oxygens (including phenoxy) is 1. The van der Waals surface area contributed by atoms with Crippen molar-refractivity contribution >= 4 is 0 Å². The number of aromatic hydroxyl groups is 1. The zero-order valence-electron chi connectivity index (χ0n) is 10.00. The molecule has 1 heterocycles. The van der Waals surface area contributed by atoms with Gasteiger partial charge >= 0.3 is 0 Å². The smallest absolute Gasteiger partial charge is 0.157 e. The van der Waals surface area contributed by atoms with Gasteiger partial charge in [0.05, 0.1) is 12.4 Å². The lowest BCUT2D eigenvalue weighted by Gasteiger charge is -2.04. The topological polar surface area (TPSA) is 47.3 Å². The highest BCUT2D eigenvalue weighted by Gasteiger charge is 2.02. The van der Waals surface area contributed by atoms with Crippen LogP contribution in [0.2, 0.25) is 0 Å². The largest absolute Gasteiger partial charge is 0.508 e. The Hall–Kier alpha value is -1.97. The number of rotatable bonds is 4. The van der Waals surface area contributed by atoms with Crippen LogP contribution in [0.5, 0.6) is 11.5 Å². The van der Waals surface area contributed by atoms with Crippen LogP contribution in [0.3, 0.4) is 0 Å². The van der Waals surface area contributed by atoms with E-state index in [9.17, 15) is 0 Å². The zero-order valence-corrected chi connectivity index (χ0v) is 10.00. The van der Waals surface area contributed by atoms with Gasteiger partial charge in [-0.1, -0.05) is 12.1 Å². The maximum atomic E-state index is 9.15. The molecule has 1 N–H and O–H groups in total. The van der Waals surface area contributed by atoms with Gasteiger partial charge < -0.3 is 9.84 Å². The molecular formula is C13H16N2O2. The Morgan fingerprint density at radius 2 is 2.00 bits per heavy atom. The van der Waals surface area contributed by atoms with Crippen molar-refractivity contribution in [3.8, 4) is 11.5 Å². The normalized spacial score (nSPS) is 10.8. The van der Waals surface area contributed by atoms with E-state index in [0.717, 1.165) is 11.3 Å². The molecule has 1 aromatic heterocycles. The molecule has 0 saturated heterocycles. The fraction of sp³-hybridized carbons (Fsp3) is 0.308. The lowest BCUT2D eigenvalue weighted by molar-refractivity contribution is 0.305. The van der Waals surface area contributed by atoms with Crippen LogP contribution >= 0.6 is 0 Å². The van der Waals surface area contributed by atoms with Gasteiger partial charge in [-0.2, -0.15) is 5.10 Å². The molecule has 0 aliphatic carbocycles. The van der Waals surface area contributed by atoms with E-state index in [1.54, 1.807) is 18.3 Å². The molecule has 2 rings (SSSR count). The number of phenolic OH excluding ortho intramolecular Hbond substituents is 1. The molecule has 0 aliphatic rings. The standard InChI is InChI=1S/C13H16N2O2/c1-10(2)15-8-13(7-14-15)17-9-11-3-5-12(16)6-4-11/h3-8,10,16H,9H2,1-2H3. The van der Waals surface area contributed by atoms with Crippen molar-refractivity contribution in [3.63, 3.8) is 0 Å². The van der Waals surface area contributed by atoms with Crippen LogP contribution in [0, 0.1) is 0 Å². The van der Waals surface area contributed by atoms with Crippen molar-refractivity contribution in [3.05, 3.63) is 42.2 Å². The van der Waals surface area contributed by atoms with Gasteiger partial charge in [0.25, 0.3) is 0 Å². The predicted molar refractivity (Wildman–Crippen MR) is 65.1 cm³/mol. The van der Waals surface area contributed by atoms with Crippen molar-refractivity contribution in [2.45, 2.75) is 26.5 Å². The molecule has 0 saturated carbocycles. The Morgan fingerprint density at radius 3 is 2.59 bits per heavy atom. The van der Waals surface area contributed by atoms with Crippen molar-refractivity contribution in [2.75, 3.05) is 0 Å². The van der Waals surface area contributed by atoms with Gasteiger partial charge in [0, 0.05) is 6.04 Å². The molecule has 0 atom stereocenters. The zero-order chi connectivity index (χ0) is 12.3. The van der Waals surface area contributed by atoms with E-state index < -0.39 is 0 Å². The van der Waals surface area contributed by atoms with Crippen LogP contribution in [0.25, 0.3) is 0 Å².